The van der Waals surface area contributed by atoms with Crippen molar-refractivity contribution in [2.24, 2.45) is 5.41 Å². The molecule has 0 radical (unpaired) electrons. The standard InChI is InChI=1S/C18H22O6S/c1-17-8-6-13-12-7-9-18(20,24-25(21,22)23)10-11(12)2-3-14(13)15(17)4-5-16(17)19/h2-3,15,20H,4-10H2,1H3,(H,21,22,23)/t15?,17-,18+/m0/s1. The molecule has 3 aliphatic carbocycles. The number of aliphatic hydroxyl groups is 1. The first-order chi connectivity index (χ1) is 11.6. The lowest BCUT2D eigenvalue weighted by Gasteiger charge is -2.40. The topological polar surface area (TPSA) is 101 Å². The van der Waals surface area contributed by atoms with E-state index in [1.54, 1.807) is 0 Å². The molecule has 0 amide bonds. The van der Waals surface area contributed by atoms with E-state index in [0.717, 1.165) is 30.4 Å². The van der Waals surface area contributed by atoms with Gasteiger partial charge in [-0.05, 0) is 53.9 Å². The van der Waals surface area contributed by atoms with E-state index in [9.17, 15) is 18.3 Å². The van der Waals surface area contributed by atoms with Crippen LogP contribution >= 0.6 is 0 Å². The van der Waals surface area contributed by atoms with E-state index >= 15 is 0 Å². The number of hydrogen-bond acceptors (Lipinski definition) is 5. The SMILES string of the molecule is C[C@]12CCc3c(ccc4c3CC[C@@](O)(OS(=O)(=O)O)C4)C1CCC2=O. The number of carbonyl (C=O) groups excluding carboxylic acids is 1. The van der Waals surface area contributed by atoms with E-state index in [4.69, 9.17) is 4.55 Å². The van der Waals surface area contributed by atoms with E-state index in [0.29, 0.717) is 18.6 Å². The molecule has 4 rings (SSSR count). The van der Waals surface area contributed by atoms with Crippen LogP contribution in [0.25, 0.3) is 0 Å². The minimum atomic E-state index is -4.72. The highest BCUT2D eigenvalue weighted by atomic mass is 32.3. The number of benzene rings is 1. The van der Waals surface area contributed by atoms with Crippen LogP contribution in [0.1, 0.15) is 60.8 Å². The van der Waals surface area contributed by atoms with E-state index in [1.807, 2.05) is 12.1 Å². The summed E-state index contributed by atoms with van der Waals surface area (Å²) in [5.41, 5.74) is 4.22. The molecular weight excluding hydrogens is 344 g/mol. The summed E-state index contributed by atoms with van der Waals surface area (Å²) in [5, 5.41) is 10.4. The van der Waals surface area contributed by atoms with Gasteiger partial charge in [0.15, 0.2) is 5.79 Å². The Morgan fingerprint density at radius 2 is 1.88 bits per heavy atom. The first kappa shape index (κ1) is 17.1. The van der Waals surface area contributed by atoms with Gasteiger partial charge in [-0.25, -0.2) is 4.18 Å². The lowest BCUT2D eigenvalue weighted by atomic mass is 9.64. The van der Waals surface area contributed by atoms with Crippen molar-refractivity contribution in [2.45, 2.75) is 63.6 Å². The Bertz CT molecular complexity index is 861. The van der Waals surface area contributed by atoms with Crippen molar-refractivity contribution < 1.29 is 27.1 Å². The van der Waals surface area contributed by atoms with Gasteiger partial charge in [-0.2, -0.15) is 8.42 Å². The molecule has 0 saturated heterocycles. The number of carbonyl (C=O) groups is 1. The van der Waals surface area contributed by atoms with Gasteiger partial charge in [0.05, 0.1) is 0 Å². The molecule has 2 N–H and O–H groups in total. The zero-order chi connectivity index (χ0) is 18.0. The van der Waals surface area contributed by atoms with Crippen molar-refractivity contribution in [1.82, 2.24) is 0 Å². The van der Waals surface area contributed by atoms with Crippen molar-refractivity contribution in [2.75, 3.05) is 0 Å². The molecule has 6 nitrogen and oxygen atoms in total. The zero-order valence-corrected chi connectivity index (χ0v) is 14.9. The Kier molecular flexibility index (Phi) is 3.68. The van der Waals surface area contributed by atoms with Crippen LogP contribution in [0.2, 0.25) is 0 Å². The van der Waals surface area contributed by atoms with Gasteiger partial charge in [-0.1, -0.05) is 19.1 Å². The fourth-order valence-corrected chi connectivity index (χ4v) is 5.64. The average Bonchev–Trinajstić information content (AvgIpc) is 2.80. The summed E-state index contributed by atoms with van der Waals surface area (Å²) < 4.78 is 35.4. The monoisotopic (exact) mass is 366 g/mol. The fourth-order valence-electron chi connectivity index (χ4n) is 5.10. The highest BCUT2D eigenvalue weighted by Crippen LogP contribution is 2.54. The molecule has 7 heteroatoms. The number of hydrogen-bond donors (Lipinski definition) is 2. The molecular formula is C18H22O6S. The normalized spacial score (nSPS) is 34.4. The summed E-state index contributed by atoms with van der Waals surface area (Å²) in [5.74, 6) is -1.29. The molecule has 25 heavy (non-hydrogen) atoms. The van der Waals surface area contributed by atoms with Gasteiger partial charge in [0.2, 0.25) is 0 Å². The fraction of sp³-hybridized carbons (Fsp3) is 0.611. The van der Waals surface area contributed by atoms with Gasteiger partial charge in [0.25, 0.3) is 0 Å². The van der Waals surface area contributed by atoms with Crippen LogP contribution in [0.15, 0.2) is 12.1 Å². The summed E-state index contributed by atoms with van der Waals surface area (Å²) in [4.78, 5) is 12.3. The Labute approximate surface area is 147 Å². The van der Waals surface area contributed by atoms with Crippen molar-refractivity contribution >= 4 is 16.2 Å². The molecule has 136 valence electrons. The summed E-state index contributed by atoms with van der Waals surface area (Å²) in [7, 11) is -4.72. The molecule has 0 aromatic heterocycles. The van der Waals surface area contributed by atoms with E-state index in [2.05, 4.69) is 11.1 Å². The van der Waals surface area contributed by atoms with Crippen molar-refractivity contribution in [3.8, 4) is 0 Å². The maximum absolute atomic E-state index is 12.3. The lowest BCUT2D eigenvalue weighted by molar-refractivity contribution is -0.145. The molecule has 1 aromatic carbocycles. The van der Waals surface area contributed by atoms with E-state index in [1.165, 1.54) is 11.1 Å². The minimum absolute atomic E-state index is 0.0241. The predicted molar refractivity (Wildman–Crippen MR) is 89.5 cm³/mol. The second kappa shape index (κ2) is 5.36. The first-order valence-electron chi connectivity index (χ1n) is 8.69. The molecule has 1 aromatic rings. The van der Waals surface area contributed by atoms with Gasteiger partial charge >= 0.3 is 10.4 Å². The summed E-state index contributed by atoms with van der Waals surface area (Å²) in [6.45, 7) is 2.08. The van der Waals surface area contributed by atoms with Crippen molar-refractivity contribution in [3.05, 3.63) is 34.4 Å². The molecule has 0 aliphatic heterocycles. The average molecular weight is 366 g/mol. The number of Topliss-reactive ketones (excluding diaryl/α,β-unsaturated/α-hetero) is 1. The Hall–Kier alpha value is -1.28. The van der Waals surface area contributed by atoms with Crippen LogP contribution in [0.3, 0.4) is 0 Å². The van der Waals surface area contributed by atoms with E-state index < -0.39 is 16.2 Å². The molecule has 3 atom stereocenters. The third kappa shape index (κ3) is 2.73. The molecule has 1 saturated carbocycles. The van der Waals surface area contributed by atoms with Gasteiger partial charge in [-0.3, -0.25) is 9.35 Å². The Morgan fingerprint density at radius 1 is 1.16 bits per heavy atom. The van der Waals surface area contributed by atoms with Crippen LogP contribution in [-0.2, 0) is 38.6 Å². The van der Waals surface area contributed by atoms with Gasteiger partial charge < -0.3 is 5.11 Å². The summed E-state index contributed by atoms with van der Waals surface area (Å²) in [6.07, 6.45) is 3.81. The van der Waals surface area contributed by atoms with Crippen molar-refractivity contribution in [1.29, 1.82) is 0 Å². The summed E-state index contributed by atoms with van der Waals surface area (Å²) >= 11 is 0. The molecule has 1 fully saturated rings. The lowest BCUT2D eigenvalue weighted by Crippen LogP contribution is -2.41. The quantitative estimate of drug-likeness (QED) is 0.614. The highest BCUT2D eigenvalue weighted by Gasteiger charge is 2.50. The largest absolute Gasteiger partial charge is 0.400 e. The first-order valence-corrected chi connectivity index (χ1v) is 10.1. The Morgan fingerprint density at radius 3 is 2.60 bits per heavy atom. The van der Waals surface area contributed by atoms with Gasteiger partial charge in [-0.15, -0.1) is 0 Å². The van der Waals surface area contributed by atoms with Crippen molar-refractivity contribution in [3.63, 3.8) is 0 Å². The second-order valence-corrected chi connectivity index (χ2v) is 8.86. The van der Waals surface area contributed by atoms with Crippen LogP contribution < -0.4 is 0 Å². The molecule has 3 aliphatic rings. The molecule has 0 spiro atoms. The maximum atomic E-state index is 12.3. The molecule has 0 heterocycles. The third-order valence-corrected chi connectivity index (χ3v) is 6.91. The predicted octanol–water partition coefficient (Wildman–Crippen LogP) is 2.08. The summed E-state index contributed by atoms with van der Waals surface area (Å²) in [6, 6.07) is 3.92. The zero-order valence-electron chi connectivity index (χ0n) is 14.1. The van der Waals surface area contributed by atoms with Crippen LogP contribution in [0, 0.1) is 5.41 Å². The number of ketones is 1. The molecule has 0 bridgehead atoms. The van der Waals surface area contributed by atoms with Crippen LogP contribution in [0.4, 0.5) is 0 Å². The third-order valence-electron chi connectivity index (χ3n) is 6.39. The highest BCUT2D eigenvalue weighted by molar-refractivity contribution is 7.80. The number of rotatable bonds is 2. The van der Waals surface area contributed by atoms with E-state index in [-0.39, 0.29) is 24.2 Å². The van der Waals surface area contributed by atoms with Gasteiger partial charge in [0, 0.05) is 24.7 Å². The smallest absolute Gasteiger partial charge is 0.364 e. The maximum Gasteiger partial charge on any atom is 0.400 e. The van der Waals surface area contributed by atoms with Crippen LogP contribution in [0.5, 0.6) is 0 Å². The number of fused-ring (bicyclic) bond motifs is 5. The minimum Gasteiger partial charge on any atom is -0.364 e. The van der Waals surface area contributed by atoms with Gasteiger partial charge in [0.1, 0.15) is 5.78 Å². The molecule has 1 unspecified atom stereocenters. The second-order valence-electron chi connectivity index (χ2n) is 7.84. The van der Waals surface area contributed by atoms with Crippen LogP contribution in [-0.4, -0.2) is 29.6 Å². The Balaban J connectivity index is 1.70.